The van der Waals surface area contributed by atoms with E-state index in [9.17, 15) is 4.79 Å². The monoisotopic (exact) mass is 344 g/mol. The van der Waals surface area contributed by atoms with Gasteiger partial charge in [-0.25, -0.2) is 4.79 Å². The third-order valence-electron chi connectivity index (χ3n) is 3.40. The van der Waals surface area contributed by atoms with Gasteiger partial charge < -0.3 is 15.0 Å². The fourth-order valence-corrected chi connectivity index (χ4v) is 2.69. The van der Waals surface area contributed by atoms with Gasteiger partial charge >= 0.3 is 6.03 Å². The van der Waals surface area contributed by atoms with Crippen LogP contribution in [-0.4, -0.2) is 23.2 Å². The van der Waals surface area contributed by atoms with Gasteiger partial charge in [-0.05, 0) is 42.6 Å². The van der Waals surface area contributed by atoms with Gasteiger partial charge in [0.2, 0.25) is 5.82 Å². The fourth-order valence-electron chi connectivity index (χ4n) is 2.04. The highest BCUT2D eigenvalue weighted by Crippen LogP contribution is 2.26. The number of urea groups is 1. The minimum Gasteiger partial charge on any atom is -0.481 e. The summed E-state index contributed by atoms with van der Waals surface area (Å²) in [4.78, 5) is 17.8. The maximum absolute atomic E-state index is 11.1. The Kier molecular flexibility index (Phi) is 4.48. The number of nitrogens with zero attached hydrogens (tertiary/aromatic N) is 3. The van der Waals surface area contributed by atoms with Crippen LogP contribution in [-0.2, 0) is 0 Å². The third-order valence-corrected chi connectivity index (χ3v) is 4.26. The third kappa shape index (κ3) is 3.38. The van der Waals surface area contributed by atoms with Crippen molar-refractivity contribution in [2.45, 2.75) is 13.0 Å². The molecule has 0 spiro atoms. The first kappa shape index (κ1) is 16.0. The van der Waals surface area contributed by atoms with E-state index in [1.807, 2.05) is 24.4 Å². The van der Waals surface area contributed by atoms with Gasteiger partial charge in [-0.15, -0.1) is 11.3 Å². The molecule has 0 aliphatic carbocycles. The van der Waals surface area contributed by atoms with Gasteiger partial charge in [-0.2, -0.15) is 4.98 Å². The number of thiophene rings is 1. The van der Waals surface area contributed by atoms with Crippen LogP contribution >= 0.6 is 11.3 Å². The van der Waals surface area contributed by atoms with E-state index in [1.54, 1.807) is 42.6 Å². The van der Waals surface area contributed by atoms with Crippen LogP contribution in [0.5, 0.6) is 5.75 Å². The molecule has 24 heavy (non-hydrogen) atoms. The standard InChI is InChI=1S/C16H16N4O3S/c1-10(15-18-14(19-23-15)13-4-3-9-24-13)22-12-7-5-11(6-8-12)20(2)16(17)21/h3-10H,1-2H3,(H2,17,21)/t10-/m0/s1. The lowest BCUT2D eigenvalue weighted by atomic mass is 10.3. The molecule has 2 N–H and O–H groups in total. The summed E-state index contributed by atoms with van der Waals surface area (Å²) in [5, 5.41) is 5.92. The quantitative estimate of drug-likeness (QED) is 0.765. The first-order valence-electron chi connectivity index (χ1n) is 7.22. The summed E-state index contributed by atoms with van der Waals surface area (Å²) >= 11 is 1.54. The molecule has 2 amide bonds. The molecule has 0 aliphatic heterocycles. The molecule has 0 saturated heterocycles. The number of hydrogen-bond donors (Lipinski definition) is 1. The van der Waals surface area contributed by atoms with Crippen molar-refractivity contribution in [2.75, 3.05) is 11.9 Å². The van der Waals surface area contributed by atoms with Gasteiger partial charge in [0.1, 0.15) is 5.75 Å². The SMILES string of the molecule is C[C@H](Oc1ccc(N(C)C(N)=O)cc1)c1nc(-c2cccs2)no1. The molecule has 1 atom stereocenters. The normalized spacial score (nSPS) is 11.9. The molecule has 1 aromatic carbocycles. The second kappa shape index (κ2) is 6.71. The number of carbonyl (C=O) groups excluding carboxylic acids is 1. The Labute approximate surface area is 142 Å². The minimum absolute atomic E-state index is 0.397. The van der Waals surface area contributed by atoms with Gasteiger partial charge in [0, 0.05) is 12.7 Å². The van der Waals surface area contributed by atoms with Crippen LogP contribution in [0, 0.1) is 0 Å². The minimum atomic E-state index is -0.524. The molecule has 0 saturated carbocycles. The van der Waals surface area contributed by atoms with Crippen LogP contribution in [0.4, 0.5) is 10.5 Å². The lowest BCUT2D eigenvalue weighted by Crippen LogP contribution is -2.31. The molecule has 8 heteroatoms. The second-order valence-corrected chi connectivity index (χ2v) is 6.03. The topological polar surface area (TPSA) is 94.5 Å². The van der Waals surface area contributed by atoms with Crippen LogP contribution in [0.3, 0.4) is 0 Å². The average Bonchev–Trinajstić information content (AvgIpc) is 3.26. The molecule has 3 aromatic rings. The van der Waals surface area contributed by atoms with Crippen LogP contribution < -0.4 is 15.4 Å². The first-order valence-corrected chi connectivity index (χ1v) is 8.10. The van der Waals surface area contributed by atoms with Gasteiger partial charge in [0.15, 0.2) is 6.10 Å². The van der Waals surface area contributed by atoms with Gasteiger partial charge in [0.25, 0.3) is 5.89 Å². The van der Waals surface area contributed by atoms with E-state index in [0.717, 1.165) is 4.88 Å². The summed E-state index contributed by atoms with van der Waals surface area (Å²) in [6.07, 6.45) is -0.397. The predicted molar refractivity (Wildman–Crippen MR) is 91.1 cm³/mol. The number of benzene rings is 1. The molecule has 0 aliphatic rings. The number of rotatable bonds is 5. The van der Waals surface area contributed by atoms with Crippen LogP contribution in [0.25, 0.3) is 10.7 Å². The highest BCUT2D eigenvalue weighted by Gasteiger charge is 2.17. The molecule has 7 nitrogen and oxygen atoms in total. The summed E-state index contributed by atoms with van der Waals surface area (Å²) < 4.78 is 11.1. The average molecular weight is 344 g/mol. The molecule has 0 bridgehead atoms. The van der Waals surface area contributed by atoms with E-state index >= 15 is 0 Å². The molecule has 2 heterocycles. The predicted octanol–water partition coefficient (Wildman–Crippen LogP) is 3.45. The molecular weight excluding hydrogens is 328 g/mol. The Morgan fingerprint density at radius 2 is 2.08 bits per heavy atom. The zero-order chi connectivity index (χ0) is 17.1. The number of nitrogens with two attached hydrogens (primary N) is 1. The Hall–Kier alpha value is -2.87. The zero-order valence-corrected chi connectivity index (χ0v) is 14.0. The summed E-state index contributed by atoms with van der Waals surface area (Å²) in [6.45, 7) is 1.83. The molecule has 124 valence electrons. The molecule has 0 unspecified atom stereocenters. The smallest absolute Gasteiger partial charge is 0.318 e. The van der Waals surface area contributed by atoms with E-state index < -0.39 is 12.1 Å². The molecule has 2 aromatic heterocycles. The maximum Gasteiger partial charge on any atom is 0.318 e. The van der Waals surface area contributed by atoms with Crippen LogP contribution in [0.1, 0.15) is 18.9 Å². The number of primary amides is 1. The number of anilines is 1. The second-order valence-electron chi connectivity index (χ2n) is 5.08. The first-order chi connectivity index (χ1) is 11.5. The van der Waals surface area contributed by atoms with Crippen molar-refractivity contribution in [1.29, 1.82) is 0 Å². The van der Waals surface area contributed by atoms with Gasteiger partial charge in [0.05, 0.1) is 4.88 Å². The van der Waals surface area contributed by atoms with E-state index in [-0.39, 0.29) is 0 Å². The fraction of sp³-hybridized carbons (Fsp3) is 0.188. The van der Waals surface area contributed by atoms with Crippen molar-refractivity contribution in [1.82, 2.24) is 10.1 Å². The highest BCUT2D eigenvalue weighted by molar-refractivity contribution is 7.13. The molecule has 0 fully saturated rings. The number of amides is 2. The molecule has 3 rings (SSSR count). The Bertz CT molecular complexity index is 814. The summed E-state index contributed by atoms with van der Waals surface area (Å²) in [7, 11) is 1.60. The molecule has 0 radical (unpaired) electrons. The summed E-state index contributed by atoms with van der Waals surface area (Å²) in [5.41, 5.74) is 5.92. The Morgan fingerprint density at radius 1 is 1.33 bits per heavy atom. The number of ether oxygens (including phenoxy) is 1. The number of hydrogen-bond acceptors (Lipinski definition) is 6. The lowest BCUT2D eigenvalue weighted by Gasteiger charge is -2.15. The molecular formula is C16H16N4O3S. The van der Waals surface area contributed by atoms with Crippen molar-refractivity contribution in [3.8, 4) is 16.5 Å². The maximum atomic E-state index is 11.1. The number of carbonyl (C=O) groups is 1. The summed E-state index contributed by atoms with van der Waals surface area (Å²) in [6, 6.07) is 10.3. The Morgan fingerprint density at radius 3 is 2.71 bits per heavy atom. The van der Waals surface area contributed by atoms with Crippen molar-refractivity contribution < 1.29 is 14.1 Å². The number of aromatic nitrogens is 2. The van der Waals surface area contributed by atoms with E-state index in [2.05, 4.69) is 10.1 Å². The van der Waals surface area contributed by atoms with Crippen molar-refractivity contribution in [3.05, 3.63) is 47.7 Å². The Balaban J connectivity index is 1.68. The largest absolute Gasteiger partial charge is 0.481 e. The zero-order valence-electron chi connectivity index (χ0n) is 13.2. The lowest BCUT2D eigenvalue weighted by molar-refractivity contribution is 0.176. The van der Waals surface area contributed by atoms with Crippen molar-refractivity contribution in [3.63, 3.8) is 0 Å². The van der Waals surface area contributed by atoms with E-state index in [0.29, 0.717) is 23.2 Å². The van der Waals surface area contributed by atoms with Crippen molar-refractivity contribution >= 4 is 23.1 Å². The highest BCUT2D eigenvalue weighted by atomic mass is 32.1. The van der Waals surface area contributed by atoms with Crippen LogP contribution in [0.2, 0.25) is 0 Å². The van der Waals surface area contributed by atoms with Crippen LogP contribution in [0.15, 0.2) is 46.3 Å². The van der Waals surface area contributed by atoms with E-state index in [4.69, 9.17) is 15.0 Å². The van der Waals surface area contributed by atoms with Gasteiger partial charge in [-0.1, -0.05) is 11.2 Å². The van der Waals surface area contributed by atoms with Crippen molar-refractivity contribution in [2.24, 2.45) is 5.73 Å². The van der Waals surface area contributed by atoms with Gasteiger partial charge in [-0.3, -0.25) is 4.90 Å². The summed E-state index contributed by atoms with van der Waals surface area (Å²) in [5.74, 6) is 1.57. The van der Waals surface area contributed by atoms with E-state index in [1.165, 1.54) is 4.90 Å².